The molecule has 0 unspecified atom stereocenters. The maximum absolute atomic E-state index is 5.87. The van der Waals surface area contributed by atoms with Crippen molar-refractivity contribution < 1.29 is 4.63 Å². The lowest BCUT2D eigenvalue weighted by molar-refractivity contribution is 0.310. The van der Waals surface area contributed by atoms with Gasteiger partial charge in [0.15, 0.2) is 17.3 Å². The Morgan fingerprint density at radius 2 is 2.19 bits per heavy atom. The molecule has 0 aliphatic carbocycles. The number of aromatic amines is 1. The first-order chi connectivity index (χ1) is 7.74. The fourth-order valence-electron chi connectivity index (χ4n) is 1.45. The molecular formula is C9H6ClN5O. The van der Waals surface area contributed by atoms with Gasteiger partial charge >= 0.3 is 0 Å². The Morgan fingerprint density at radius 3 is 2.94 bits per heavy atom. The average molecular weight is 236 g/mol. The van der Waals surface area contributed by atoms with Gasteiger partial charge in [-0.25, -0.2) is 9.61 Å². The third-order valence-electron chi connectivity index (χ3n) is 2.18. The minimum Gasteiger partial charge on any atom is -0.379 e. The molecule has 0 spiro atoms. The number of hydrogen-bond acceptors (Lipinski definition) is 5. The number of nitrogens with zero attached hydrogens (tertiary/aromatic N) is 3. The molecule has 0 saturated heterocycles. The Labute approximate surface area is 94.4 Å². The van der Waals surface area contributed by atoms with Crippen molar-refractivity contribution in [2.75, 3.05) is 5.73 Å². The lowest BCUT2D eigenvalue weighted by Gasteiger charge is -1.87. The Kier molecular flexibility index (Phi) is 1.84. The summed E-state index contributed by atoms with van der Waals surface area (Å²) in [4.78, 5) is 7.34. The number of benzene rings is 1. The molecule has 2 heterocycles. The van der Waals surface area contributed by atoms with Crippen molar-refractivity contribution in [2.24, 2.45) is 0 Å². The number of H-pyrrole nitrogens is 1. The number of nitrogens with one attached hydrogen (secondary N) is 1. The molecule has 16 heavy (non-hydrogen) atoms. The highest BCUT2D eigenvalue weighted by molar-refractivity contribution is 6.31. The summed E-state index contributed by atoms with van der Waals surface area (Å²) in [6.45, 7) is 0. The molecule has 0 aliphatic heterocycles. The second kappa shape index (κ2) is 3.21. The van der Waals surface area contributed by atoms with Gasteiger partial charge in [-0.2, -0.15) is 0 Å². The van der Waals surface area contributed by atoms with Crippen LogP contribution in [0, 0.1) is 0 Å². The van der Waals surface area contributed by atoms with E-state index in [2.05, 4.69) is 24.9 Å². The summed E-state index contributed by atoms with van der Waals surface area (Å²) in [5.74, 6) is 0.709. The predicted octanol–water partition coefficient (Wildman–Crippen LogP) is 1.85. The summed E-state index contributed by atoms with van der Waals surface area (Å²) < 4.78 is 4.51. The average Bonchev–Trinajstić information content (AvgIpc) is 2.82. The zero-order chi connectivity index (χ0) is 11.1. The van der Waals surface area contributed by atoms with Crippen molar-refractivity contribution >= 4 is 28.5 Å². The number of aromatic nitrogens is 4. The summed E-state index contributed by atoms with van der Waals surface area (Å²) in [5.41, 5.74) is 7.56. The van der Waals surface area contributed by atoms with E-state index in [0.717, 1.165) is 11.0 Å². The molecule has 0 aliphatic rings. The van der Waals surface area contributed by atoms with E-state index in [0.29, 0.717) is 16.5 Å². The number of halogens is 1. The van der Waals surface area contributed by atoms with Crippen LogP contribution in [0.3, 0.4) is 0 Å². The van der Waals surface area contributed by atoms with Gasteiger partial charge in [0.1, 0.15) is 0 Å². The highest BCUT2D eigenvalue weighted by Gasteiger charge is 2.13. The molecule has 0 atom stereocenters. The summed E-state index contributed by atoms with van der Waals surface area (Å²) in [7, 11) is 0. The van der Waals surface area contributed by atoms with Crippen LogP contribution in [0.5, 0.6) is 0 Å². The van der Waals surface area contributed by atoms with Crippen molar-refractivity contribution in [3.8, 4) is 11.5 Å². The first kappa shape index (κ1) is 9.17. The van der Waals surface area contributed by atoms with Crippen LogP contribution in [-0.4, -0.2) is 20.3 Å². The zero-order valence-corrected chi connectivity index (χ0v) is 8.69. The Balaban J connectivity index is 2.23. The minimum absolute atomic E-state index is 0.199. The van der Waals surface area contributed by atoms with Crippen LogP contribution in [-0.2, 0) is 0 Å². The van der Waals surface area contributed by atoms with E-state index < -0.39 is 0 Å². The molecule has 80 valence electrons. The van der Waals surface area contributed by atoms with Gasteiger partial charge in [-0.15, -0.1) is 0 Å². The normalized spacial score (nSPS) is 11.1. The number of nitrogens with two attached hydrogens (primary N) is 1. The molecular weight excluding hydrogens is 230 g/mol. The Bertz CT molecular complexity index is 659. The largest absolute Gasteiger partial charge is 0.379 e. The first-order valence-corrected chi connectivity index (χ1v) is 4.85. The Hall–Kier alpha value is -2.08. The van der Waals surface area contributed by atoms with E-state index in [9.17, 15) is 0 Å². The van der Waals surface area contributed by atoms with Gasteiger partial charge in [-0.3, -0.25) is 0 Å². The van der Waals surface area contributed by atoms with E-state index in [1.807, 2.05) is 0 Å². The number of nitrogen functional groups attached to an aromatic ring is 1. The highest BCUT2D eigenvalue weighted by atomic mass is 35.5. The standard InChI is InChI=1S/C9H6ClN5O/c10-4-1-2-5-6(3-4)13-9(12-5)7-8(11)15-16-14-7/h1-3H,(H2,11,15)(H,12,13). The maximum Gasteiger partial charge on any atom is 0.199 e. The molecule has 0 saturated carbocycles. The third kappa shape index (κ3) is 1.31. The number of fused-ring (bicyclic) bond motifs is 1. The van der Waals surface area contributed by atoms with Crippen molar-refractivity contribution in [1.82, 2.24) is 20.3 Å². The summed E-state index contributed by atoms with van der Waals surface area (Å²) >= 11 is 5.87. The number of rotatable bonds is 1. The van der Waals surface area contributed by atoms with Crippen LogP contribution < -0.4 is 5.73 Å². The quantitative estimate of drug-likeness (QED) is 0.671. The molecule has 1 aromatic carbocycles. The van der Waals surface area contributed by atoms with Crippen LogP contribution in [0.4, 0.5) is 5.82 Å². The van der Waals surface area contributed by atoms with Gasteiger partial charge in [0.25, 0.3) is 0 Å². The molecule has 6 nitrogen and oxygen atoms in total. The summed E-state index contributed by atoms with van der Waals surface area (Å²) in [5, 5.41) is 7.79. The molecule has 3 rings (SSSR count). The zero-order valence-electron chi connectivity index (χ0n) is 7.94. The number of imidazole rings is 1. The summed E-state index contributed by atoms with van der Waals surface area (Å²) in [6, 6.07) is 5.34. The van der Waals surface area contributed by atoms with Gasteiger partial charge < -0.3 is 10.7 Å². The van der Waals surface area contributed by atoms with Crippen molar-refractivity contribution in [2.45, 2.75) is 0 Å². The lowest BCUT2D eigenvalue weighted by Crippen LogP contribution is -1.89. The highest BCUT2D eigenvalue weighted by Crippen LogP contribution is 2.23. The van der Waals surface area contributed by atoms with E-state index >= 15 is 0 Å². The topological polar surface area (TPSA) is 93.6 Å². The summed E-state index contributed by atoms with van der Waals surface area (Å²) in [6.07, 6.45) is 0. The lowest BCUT2D eigenvalue weighted by atomic mass is 10.3. The molecule has 0 fully saturated rings. The van der Waals surface area contributed by atoms with Crippen molar-refractivity contribution in [3.05, 3.63) is 23.2 Å². The third-order valence-corrected chi connectivity index (χ3v) is 2.42. The molecule has 0 amide bonds. The molecule has 3 aromatic rings. The van der Waals surface area contributed by atoms with Gasteiger partial charge in [0.2, 0.25) is 0 Å². The maximum atomic E-state index is 5.87. The van der Waals surface area contributed by atoms with Crippen LogP contribution in [0.15, 0.2) is 22.8 Å². The van der Waals surface area contributed by atoms with E-state index in [-0.39, 0.29) is 5.82 Å². The van der Waals surface area contributed by atoms with E-state index in [4.69, 9.17) is 17.3 Å². The van der Waals surface area contributed by atoms with Crippen molar-refractivity contribution in [1.29, 1.82) is 0 Å². The van der Waals surface area contributed by atoms with Gasteiger partial charge in [-0.05, 0) is 28.5 Å². The van der Waals surface area contributed by atoms with E-state index in [1.54, 1.807) is 18.2 Å². The second-order valence-electron chi connectivity index (χ2n) is 3.24. The first-order valence-electron chi connectivity index (χ1n) is 4.48. The molecule has 7 heteroatoms. The molecule has 2 aromatic heterocycles. The minimum atomic E-state index is 0.199. The fraction of sp³-hybridized carbons (Fsp3) is 0. The van der Waals surface area contributed by atoms with Crippen LogP contribution in [0.1, 0.15) is 0 Å². The van der Waals surface area contributed by atoms with Crippen molar-refractivity contribution in [3.63, 3.8) is 0 Å². The van der Waals surface area contributed by atoms with Gasteiger partial charge in [0, 0.05) is 5.02 Å². The van der Waals surface area contributed by atoms with Crippen LogP contribution in [0.25, 0.3) is 22.6 Å². The SMILES string of the molecule is Nc1nonc1-c1nc2ccc(Cl)cc2[nH]1. The number of hydrogen-bond donors (Lipinski definition) is 2. The second-order valence-corrected chi connectivity index (χ2v) is 3.68. The van der Waals surface area contributed by atoms with Gasteiger partial charge in [-0.1, -0.05) is 11.6 Å². The molecule has 0 bridgehead atoms. The fourth-order valence-corrected chi connectivity index (χ4v) is 1.63. The van der Waals surface area contributed by atoms with Crippen LogP contribution >= 0.6 is 11.6 Å². The number of anilines is 1. The van der Waals surface area contributed by atoms with Crippen LogP contribution in [0.2, 0.25) is 5.02 Å². The Morgan fingerprint density at radius 1 is 1.31 bits per heavy atom. The molecule has 3 N–H and O–H groups in total. The molecule has 0 radical (unpaired) electrons. The van der Waals surface area contributed by atoms with E-state index in [1.165, 1.54) is 0 Å². The van der Waals surface area contributed by atoms with Gasteiger partial charge in [0.05, 0.1) is 11.0 Å². The smallest absolute Gasteiger partial charge is 0.199 e. The predicted molar refractivity (Wildman–Crippen MR) is 58.8 cm³/mol. The monoisotopic (exact) mass is 235 g/mol.